The number of aliphatic hydroxyl groups excluding tert-OH is 1. The molecule has 9 heavy (non-hydrogen) atoms. The van der Waals surface area contributed by atoms with Gasteiger partial charge in [-0.2, -0.15) is 0 Å². The predicted octanol–water partition coefficient (Wildman–Crippen LogP) is 1.69. The lowest BCUT2D eigenvalue weighted by atomic mass is 10.5. The smallest absolute Gasteiger partial charge is 0.394 e. The van der Waals surface area contributed by atoms with Gasteiger partial charge < -0.3 is 5.11 Å². The minimum absolute atomic E-state index is 0.167. The first kappa shape index (κ1) is 11.7. The standard InChI is InChI=1S/C3H8O.F4Si/c1-3(2)4;1-5(2,3)4/h3-4H,1-2H3;. The predicted molar refractivity (Wildman–Crippen MR) is 27.5 cm³/mol. The van der Waals surface area contributed by atoms with Gasteiger partial charge in [0.05, 0.1) is 0 Å². The Balaban J connectivity index is 0. The fraction of sp³-hybridized carbons (Fsp3) is 1.00. The highest BCUT2D eigenvalue weighted by Gasteiger charge is 2.39. The van der Waals surface area contributed by atoms with E-state index in [0.717, 1.165) is 0 Å². The number of halogens is 4. The molecule has 0 aliphatic carbocycles. The minimum Gasteiger partial charge on any atom is -0.394 e. The van der Waals surface area contributed by atoms with Crippen LogP contribution >= 0.6 is 0 Å². The fourth-order valence-corrected chi connectivity index (χ4v) is 0. The van der Waals surface area contributed by atoms with Crippen LogP contribution in [0.25, 0.3) is 0 Å². The molecule has 0 aromatic rings. The van der Waals surface area contributed by atoms with E-state index in [2.05, 4.69) is 0 Å². The maximum Gasteiger partial charge on any atom is 0.844 e. The summed E-state index contributed by atoms with van der Waals surface area (Å²) in [4.78, 5) is 0. The number of hydrogen-bond donors (Lipinski definition) is 1. The van der Waals surface area contributed by atoms with Crippen molar-refractivity contribution in [3.8, 4) is 0 Å². The molecule has 6 heteroatoms. The van der Waals surface area contributed by atoms with Gasteiger partial charge in [0, 0.05) is 6.10 Å². The zero-order valence-corrected chi connectivity index (χ0v) is 6.04. The van der Waals surface area contributed by atoms with Gasteiger partial charge in [-0.05, 0) is 13.8 Å². The lowest BCUT2D eigenvalue weighted by Crippen LogP contribution is -2.02. The van der Waals surface area contributed by atoms with E-state index < -0.39 is 9.41 Å². The molecule has 0 rings (SSSR count). The van der Waals surface area contributed by atoms with Crippen LogP contribution in [0.4, 0.5) is 16.4 Å². The quantitative estimate of drug-likeness (QED) is 0.328. The van der Waals surface area contributed by atoms with E-state index >= 15 is 0 Å². The SMILES string of the molecule is CC(C)O.F[Si](F)(F)F. The molecule has 0 aromatic carbocycles. The summed E-state index contributed by atoms with van der Waals surface area (Å²) in [7, 11) is -6.61. The molecule has 0 heterocycles. The van der Waals surface area contributed by atoms with Crippen LogP contribution in [0.5, 0.6) is 0 Å². The van der Waals surface area contributed by atoms with Crippen LogP contribution < -0.4 is 0 Å². The number of aliphatic hydroxyl groups is 1. The summed E-state index contributed by atoms with van der Waals surface area (Å²) in [5.41, 5.74) is 0. The van der Waals surface area contributed by atoms with Crippen molar-refractivity contribution in [3.05, 3.63) is 0 Å². The van der Waals surface area contributed by atoms with E-state index in [9.17, 15) is 16.4 Å². The van der Waals surface area contributed by atoms with Gasteiger partial charge in [0.1, 0.15) is 0 Å². The molecule has 0 aliphatic rings. The second-order valence-electron chi connectivity index (χ2n) is 1.52. The van der Waals surface area contributed by atoms with Gasteiger partial charge in [-0.15, -0.1) is 0 Å². The molecule has 1 nitrogen and oxygen atoms in total. The molecule has 0 aromatic heterocycles. The van der Waals surface area contributed by atoms with Crippen molar-refractivity contribution in [2.75, 3.05) is 0 Å². The minimum atomic E-state index is -6.61. The van der Waals surface area contributed by atoms with Crippen molar-refractivity contribution in [2.24, 2.45) is 0 Å². The van der Waals surface area contributed by atoms with Crippen molar-refractivity contribution >= 4 is 9.41 Å². The molecule has 0 saturated heterocycles. The Kier molecular flexibility index (Phi) is 6.15. The average Bonchev–Trinajstić information content (AvgIpc) is 1.19. The second-order valence-corrected chi connectivity index (χ2v) is 2.38. The van der Waals surface area contributed by atoms with Gasteiger partial charge in [-0.25, -0.2) is 16.4 Å². The first-order chi connectivity index (χ1) is 3.73. The van der Waals surface area contributed by atoms with Crippen LogP contribution in [0.15, 0.2) is 0 Å². The van der Waals surface area contributed by atoms with Gasteiger partial charge in [-0.1, -0.05) is 0 Å². The highest BCUT2D eigenvalue weighted by Crippen LogP contribution is 2.06. The topological polar surface area (TPSA) is 20.2 Å². The molecule has 0 radical (unpaired) electrons. The Morgan fingerprint density at radius 1 is 1.11 bits per heavy atom. The van der Waals surface area contributed by atoms with Gasteiger partial charge in [0.25, 0.3) is 0 Å². The normalized spacial score (nSPS) is 10.7. The average molecular weight is 164 g/mol. The largest absolute Gasteiger partial charge is 0.844 e. The molecule has 58 valence electrons. The van der Waals surface area contributed by atoms with Crippen molar-refractivity contribution in [1.29, 1.82) is 0 Å². The summed E-state index contributed by atoms with van der Waals surface area (Å²) in [6.45, 7) is 3.44. The summed E-state index contributed by atoms with van der Waals surface area (Å²) in [5, 5.41) is 8.06. The first-order valence-electron chi connectivity index (χ1n) is 2.17. The summed E-state index contributed by atoms with van der Waals surface area (Å²) in [6.07, 6.45) is -0.167. The van der Waals surface area contributed by atoms with Crippen LogP contribution in [0, 0.1) is 0 Å². The summed E-state index contributed by atoms with van der Waals surface area (Å²) < 4.78 is 39.3. The van der Waals surface area contributed by atoms with E-state index in [1.54, 1.807) is 13.8 Å². The summed E-state index contributed by atoms with van der Waals surface area (Å²) in [5.74, 6) is 0. The Morgan fingerprint density at radius 3 is 1.11 bits per heavy atom. The van der Waals surface area contributed by atoms with Crippen LogP contribution in [-0.4, -0.2) is 20.6 Å². The van der Waals surface area contributed by atoms with Crippen LogP contribution in [0.3, 0.4) is 0 Å². The molecule has 0 bridgehead atoms. The van der Waals surface area contributed by atoms with Gasteiger partial charge in [0.15, 0.2) is 0 Å². The molecule has 1 N–H and O–H groups in total. The summed E-state index contributed by atoms with van der Waals surface area (Å²) >= 11 is 0. The van der Waals surface area contributed by atoms with Crippen molar-refractivity contribution < 1.29 is 21.5 Å². The second kappa shape index (κ2) is 4.75. The van der Waals surface area contributed by atoms with E-state index in [0.29, 0.717) is 0 Å². The fourth-order valence-electron chi connectivity index (χ4n) is 0. The molecule has 0 aliphatic heterocycles. The first-order valence-corrected chi connectivity index (χ1v) is 3.68. The Bertz CT molecular complexity index is 52.6. The lowest BCUT2D eigenvalue weighted by Gasteiger charge is -1.80. The highest BCUT2D eigenvalue weighted by molar-refractivity contribution is 6.50. The zero-order valence-electron chi connectivity index (χ0n) is 5.04. The van der Waals surface area contributed by atoms with E-state index in [4.69, 9.17) is 5.11 Å². The molecule has 0 atom stereocenters. The molecule has 0 fully saturated rings. The van der Waals surface area contributed by atoms with Crippen LogP contribution in [0.2, 0.25) is 0 Å². The Morgan fingerprint density at radius 2 is 1.11 bits per heavy atom. The molecule has 0 unspecified atom stereocenters. The molecule has 0 spiro atoms. The maximum atomic E-state index is 9.83. The van der Waals surface area contributed by atoms with Crippen LogP contribution in [0.1, 0.15) is 13.8 Å². The molecular weight excluding hydrogens is 156 g/mol. The molecular formula is C3H8F4OSi. The third-order valence-electron chi connectivity index (χ3n) is 0. The monoisotopic (exact) mass is 164 g/mol. The van der Waals surface area contributed by atoms with E-state index in [-0.39, 0.29) is 6.10 Å². The maximum absolute atomic E-state index is 9.83. The third kappa shape index (κ3) is 25800. The van der Waals surface area contributed by atoms with Gasteiger partial charge >= 0.3 is 9.41 Å². The Hall–Kier alpha value is -0.103. The van der Waals surface area contributed by atoms with E-state index in [1.165, 1.54) is 0 Å². The number of rotatable bonds is 0. The highest BCUT2D eigenvalue weighted by atomic mass is 28.5. The van der Waals surface area contributed by atoms with Crippen LogP contribution in [-0.2, 0) is 0 Å². The van der Waals surface area contributed by atoms with Crippen molar-refractivity contribution in [1.82, 2.24) is 0 Å². The van der Waals surface area contributed by atoms with Crippen molar-refractivity contribution in [2.45, 2.75) is 20.0 Å². The van der Waals surface area contributed by atoms with E-state index in [1.807, 2.05) is 0 Å². The molecule has 0 amide bonds. The van der Waals surface area contributed by atoms with Gasteiger partial charge in [0.2, 0.25) is 0 Å². The zero-order chi connectivity index (χ0) is 8.08. The number of hydrogen-bond acceptors (Lipinski definition) is 1. The summed E-state index contributed by atoms with van der Waals surface area (Å²) in [6, 6.07) is 0. The third-order valence-corrected chi connectivity index (χ3v) is 0. The Labute approximate surface area is 52.0 Å². The lowest BCUT2D eigenvalue weighted by molar-refractivity contribution is 0.216. The van der Waals surface area contributed by atoms with Gasteiger partial charge in [-0.3, -0.25) is 0 Å². The molecule has 0 saturated carbocycles. The van der Waals surface area contributed by atoms with Crippen molar-refractivity contribution in [3.63, 3.8) is 0 Å².